The van der Waals surface area contributed by atoms with Crippen molar-refractivity contribution in [1.29, 1.82) is 0 Å². The minimum absolute atomic E-state index is 0.180. The molecule has 4 rings (SSSR count). The van der Waals surface area contributed by atoms with Gasteiger partial charge >= 0.3 is 0 Å². The number of hydrogen-bond donors (Lipinski definition) is 2. The number of carbonyl (C=O) groups excluding carboxylic acids is 2. The Hall–Kier alpha value is -3.17. The highest BCUT2D eigenvalue weighted by molar-refractivity contribution is 7.21. The molecule has 130 valence electrons. The van der Waals surface area contributed by atoms with Crippen molar-refractivity contribution in [3.63, 3.8) is 0 Å². The molecule has 4 aromatic rings. The van der Waals surface area contributed by atoms with Crippen LogP contribution in [0.15, 0.2) is 63.1 Å². The number of carbonyl (C=O) groups is 2. The van der Waals surface area contributed by atoms with Gasteiger partial charge in [0.1, 0.15) is 10.7 Å². The lowest BCUT2D eigenvalue weighted by atomic mass is 10.3. The molecular formula is C17H11N3O4S2. The zero-order valence-electron chi connectivity index (χ0n) is 13.1. The summed E-state index contributed by atoms with van der Waals surface area (Å²) in [6, 6.07) is 10.2. The molecule has 2 amide bonds. The SMILES string of the molecule is O=C(Nc1nc(-c2cccs2)c(NC(=O)c2ccco2)s1)c1ccco1. The Bertz CT molecular complexity index is 1020. The second-order valence-electron chi connectivity index (χ2n) is 5.04. The molecule has 4 heterocycles. The first kappa shape index (κ1) is 16.3. The molecule has 0 aliphatic carbocycles. The quantitative estimate of drug-likeness (QED) is 0.525. The van der Waals surface area contributed by atoms with Gasteiger partial charge in [-0.25, -0.2) is 4.98 Å². The first-order valence-electron chi connectivity index (χ1n) is 7.45. The van der Waals surface area contributed by atoms with E-state index in [0.29, 0.717) is 15.8 Å². The topological polar surface area (TPSA) is 97.4 Å². The average Bonchev–Trinajstić information content (AvgIpc) is 3.39. The van der Waals surface area contributed by atoms with E-state index < -0.39 is 5.91 Å². The van der Waals surface area contributed by atoms with Gasteiger partial charge in [0.05, 0.1) is 17.4 Å². The minimum atomic E-state index is -0.412. The molecule has 7 nitrogen and oxygen atoms in total. The van der Waals surface area contributed by atoms with Crippen LogP contribution in [0.25, 0.3) is 10.6 Å². The fourth-order valence-corrected chi connectivity index (χ4v) is 3.83. The van der Waals surface area contributed by atoms with Crippen LogP contribution < -0.4 is 10.6 Å². The third kappa shape index (κ3) is 3.30. The highest BCUT2D eigenvalue weighted by Gasteiger charge is 2.20. The second-order valence-corrected chi connectivity index (χ2v) is 6.98. The number of hydrogen-bond acceptors (Lipinski definition) is 7. The maximum absolute atomic E-state index is 12.3. The Morgan fingerprint density at radius 1 is 0.923 bits per heavy atom. The van der Waals surface area contributed by atoms with Crippen molar-refractivity contribution in [1.82, 2.24) is 4.98 Å². The highest BCUT2D eigenvalue weighted by Crippen LogP contribution is 2.38. The van der Waals surface area contributed by atoms with Crippen LogP contribution in [-0.2, 0) is 0 Å². The number of nitrogens with one attached hydrogen (secondary N) is 2. The predicted molar refractivity (Wildman–Crippen MR) is 98.7 cm³/mol. The molecular weight excluding hydrogens is 374 g/mol. The summed E-state index contributed by atoms with van der Waals surface area (Å²) in [4.78, 5) is 29.8. The zero-order valence-corrected chi connectivity index (χ0v) is 14.7. The van der Waals surface area contributed by atoms with E-state index in [9.17, 15) is 9.59 Å². The summed E-state index contributed by atoms with van der Waals surface area (Å²) in [5, 5.41) is 8.24. The lowest BCUT2D eigenvalue weighted by Gasteiger charge is -2.01. The van der Waals surface area contributed by atoms with Gasteiger partial charge in [-0.05, 0) is 35.7 Å². The Morgan fingerprint density at radius 3 is 2.19 bits per heavy atom. The van der Waals surface area contributed by atoms with Gasteiger partial charge in [-0.1, -0.05) is 17.4 Å². The number of thiazole rings is 1. The zero-order chi connectivity index (χ0) is 17.9. The largest absolute Gasteiger partial charge is 0.459 e. The molecule has 4 aromatic heterocycles. The van der Waals surface area contributed by atoms with E-state index in [4.69, 9.17) is 8.83 Å². The monoisotopic (exact) mass is 385 g/mol. The predicted octanol–water partition coefficient (Wildman–Crippen LogP) is 4.56. The van der Waals surface area contributed by atoms with Crippen molar-refractivity contribution in [3.05, 3.63) is 65.8 Å². The van der Waals surface area contributed by atoms with E-state index >= 15 is 0 Å². The van der Waals surface area contributed by atoms with E-state index in [1.165, 1.54) is 23.9 Å². The average molecular weight is 385 g/mol. The van der Waals surface area contributed by atoms with Gasteiger partial charge in [-0.15, -0.1) is 11.3 Å². The molecule has 2 N–H and O–H groups in total. The summed E-state index contributed by atoms with van der Waals surface area (Å²) in [5.74, 6) is -0.429. The molecule has 0 spiro atoms. The van der Waals surface area contributed by atoms with Crippen molar-refractivity contribution in [3.8, 4) is 10.6 Å². The summed E-state index contributed by atoms with van der Waals surface area (Å²) in [6.07, 6.45) is 2.85. The normalized spacial score (nSPS) is 10.6. The third-order valence-electron chi connectivity index (χ3n) is 3.32. The number of amides is 2. The van der Waals surface area contributed by atoms with Crippen molar-refractivity contribution in [2.75, 3.05) is 10.6 Å². The van der Waals surface area contributed by atoms with Crippen molar-refractivity contribution < 1.29 is 18.4 Å². The van der Waals surface area contributed by atoms with Gasteiger partial charge in [0.15, 0.2) is 16.7 Å². The summed E-state index contributed by atoms with van der Waals surface area (Å²) < 4.78 is 10.2. The molecule has 0 bridgehead atoms. The van der Waals surface area contributed by atoms with Crippen LogP contribution in [0.3, 0.4) is 0 Å². The minimum Gasteiger partial charge on any atom is -0.459 e. The van der Waals surface area contributed by atoms with E-state index in [2.05, 4.69) is 15.6 Å². The van der Waals surface area contributed by atoms with Crippen molar-refractivity contribution >= 4 is 44.6 Å². The van der Waals surface area contributed by atoms with Crippen LogP contribution in [0.4, 0.5) is 10.1 Å². The fraction of sp³-hybridized carbons (Fsp3) is 0. The molecule has 0 aliphatic heterocycles. The van der Waals surface area contributed by atoms with Crippen LogP contribution in [0.1, 0.15) is 21.1 Å². The van der Waals surface area contributed by atoms with E-state index in [-0.39, 0.29) is 17.4 Å². The standard InChI is InChI=1S/C17H11N3O4S2/c21-14(10-4-1-7-23-10)19-16-13(12-6-3-9-25-12)18-17(26-16)20-15(22)11-5-2-8-24-11/h1-9H,(H,19,21)(H,18,20,22). The number of thiophene rings is 1. The van der Waals surface area contributed by atoms with Gasteiger partial charge < -0.3 is 14.2 Å². The molecule has 0 radical (unpaired) electrons. The van der Waals surface area contributed by atoms with Crippen LogP contribution in [-0.4, -0.2) is 16.8 Å². The molecule has 0 atom stereocenters. The van der Waals surface area contributed by atoms with Gasteiger partial charge in [-0.3, -0.25) is 14.9 Å². The Kier molecular flexibility index (Phi) is 4.38. The van der Waals surface area contributed by atoms with Crippen LogP contribution >= 0.6 is 22.7 Å². The van der Waals surface area contributed by atoms with Crippen LogP contribution in [0.5, 0.6) is 0 Å². The van der Waals surface area contributed by atoms with Gasteiger partial charge in [0, 0.05) is 0 Å². The lowest BCUT2D eigenvalue weighted by molar-refractivity contribution is 0.0989. The molecule has 0 saturated heterocycles. The Morgan fingerprint density at radius 2 is 1.62 bits per heavy atom. The molecule has 0 saturated carbocycles. The van der Waals surface area contributed by atoms with Gasteiger partial charge in [-0.2, -0.15) is 0 Å². The van der Waals surface area contributed by atoms with Crippen molar-refractivity contribution in [2.45, 2.75) is 0 Å². The highest BCUT2D eigenvalue weighted by atomic mass is 32.1. The summed E-state index contributed by atoms with van der Waals surface area (Å²) in [7, 11) is 0. The number of aromatic nitrogens is 1. The first-order chi connectivity index (χ1) is 12.7. The van der Waals surface area contributed by atoms with Gasteiger partial charge in [0.25, 0.3) is 11.8 Å². The molecule has 0 aromatic carbocycles. The van der Waals surface area contributed by atoms with Gasteiger partial charge in [0.2, 0.25) is 0 Å². The molecule has 26 heavy (non-hydrogen) atoms. The van der Waals surface area contributed by atoms with E-state index in [1.54, 1.807) is 24.3 Å². The Balaban J connectivity index is 1.62. The molecule has 0 fully saturated rings. The summed E-state index contributed by atoms with van der Waals surface area (Å²) >= 11 is 2.64. The summed E-state index contributed by atoms with van der Waals surface area (Å²) in [5.41, 5.74) is 0.583. The maximum Gasteiger partial charge on any atom is 0.293 e. The summed E-state index contributed by atoms with van der Waals surface area (Å²) in [6.45, 7) is 0. The first-order valence-corrected chi connectivity index (χ1v) is 9.15. The van der Waals surface area contributed by atoms with Crippen molar-refractivity contribution in [2.24, 2.45) is 0 Å². The molecule has 9 heteroatoms. The maximum atomic E-state index is 12.3. The van der Waals surface area contributed by atoms with E-state index in [1.807, 2.05) is 17.5 Å². The number of nitrogens with zero attached hydrogens (tertiary/aromatic N) is 1. The van der Waals surface area contributed by atoms with Crippen LogP contribution in [0.2, 0.25) is 0 Å². The van der Waals surface area contributed by atoms with E-state index in [0.717, 1.165) is 16.2 Å². The Labute approximate surface area is 155 Å². The third-order valence-corrected chi connectivity index (χ3v) is 5.08. The molecule has 0 unspecified atom stereocenters. The lowest BCUT2D eigenvalue weighted by Crippen LogP contribution is -2.10. The number of rotatable bonds is 5. The number of furan rings is 2. The smallest absolute Gasteiger partial charge is 0.293 e. The molecule has 0 aliphatic rings. The second kappa shape index (κ2) is 6.98. The number of anilines is 2. The fourth-order valence-electron chi connectivity index (χ4n) is 2.18. The van der Waals surface area contributed by atoms with Crippen LogP contribution in [0, 0.1) is 0 Å².